The van der Waals surface area contributed by atoms with Gasteiger partial charge in [-0.05, 0) is 24.5 Å². The number of guanidine groups is 1. The number of rotatable bonds is 4. The summed E-state index contributed by atoms with van der Waals surface area (Å²) >= 11 is 0. The lowest BCUT2D eigenvalue weighted by Gasteiger charge is -2.09. The average molecular weight is 233 g/mol. The smallest absolute Gasteiger partial charge is 0.231 e. The highest BCUT2D eigenvalue weighted by molar-refractivity contribution is 5.96. The predicted molar refractivity (Wildman–Crippen MR) is 69.0 cm³/mol. The van der Waals surface area contributed by atoms with Gasteiger partial charge in [-0.3, -0.25) is 15.5 Å². The fourth-order valence-electron chi connectivity index (χ4n) is 1.46. The summed E-state index contributed by atoms with van der Waals surface area (Å²) in [6, 6.07) is 7.76. The van der Waals surface area contributed by atoms with E-state index in [4.69, 9.17) is 5.41 Å². The molecule has 1 amide bonds. The van der Waals surface area contributed by atoms with Crippen LogP contribution in [0.3, 0.4) is 0 Å². The molecule has 0 aliphatic rings. The molecule has 1 aromatic rings. The number of nitrogens with one attached hydrogen (secondary N) is 3. The summed E-state index contributed by atoms with van der Waals surface area (Å²) < 4.78 is 0. The topological polar surface area (TPSA) is 65.0 Å². The summed E-state index contributed by atoms with van der Waals surface area (Å²) in [6.07, 6.45) is 1.24. The molecule has 3 N–H and O–H groups in total. The maximum Gasteiger partial charge on any atom is 0.231 e. The van der Waals surface area contributed by atoms with Crippen LogP contribution >= 0.6 is 0 Å². The van der Waals surface area contributed by atoms with Crippen LogP contribution in [0, 0.1) is 12.3 Å². The van der Waals surface area contributed by atoms with Crippen molar-refractivity contribution < 1.29 is 4.79 Å². The van der Waals surface area contributed by atoms with Crippen LogP contribution in [0.4, 0.5) is 0 Å². The molecular weight excluding hydrogens is 214 g/mol. The second kappa shape index (κ2) is 6.68. The monoisotopic (exact) mass is 233 g/mol. The van der Waals surface area contributed by atoms with Gasteiger partial charge in [0.05, 0.1) is 6.42 Å². The predicted octanol–water partition coefficient (Wildman–Crippen LogP) is 1.59. The van der Waals surface area contributed by atoms with Crippen LogP contribution in [0.15, 0.2) is 24.3 Å². The molecule has 0 unspecified atom stereocenters. The third-order valence-corrected chi connectivity index (χ3v) is 2.43. The van der Waals surface area contributed by atoms with Crippen LogP contribution in [-0.4, -0.2) is 18.4 Å². The standard InChI is InChI=1S/C13H19N3O/c1-3-8-15-13(14)16-12(17)9-11-7-5-4-6-10(11)2/h4-7H,3,8-9H2,1-2H3,(H3,14,15,16,17). The number of carbonyl (C=O) groups is 1. The number of hydrogen-bond acceptors (Lipinski definition) is 2. The number of benzene rings is 1. The van der Waals surface area contributed by atoms with Crippen LogP contribution in [0.5, 0.6) is 0 Å². The van der Waals surface area contributed by atoms with E-state index in [9.17, 15) is 4.79 Å². The molecular formula is C13H19N3O. The molecule has 0 heterocycles. The highest BCUT2D eigenvalue weighted by atomic mass is 16.1. The fourth-order valence-corrected chi connectivity index (χ4v) is 1.46. The number of hydrogen-bond donors (Lipinski definition) is 3. The largest absolute Gasteiger partial charge is 0.356 e. The Labute approximate surface area is 102 Å². The quantitative estimate of drug-likeness (QED) is 0.546. The molecule has 1 aromatic carbocycles. The zero-order valence-electron chi connectivity index (χ0n) is 10.3. The van der Waals surface area contributed by atoms with Gasteiger partial charge in [0.25, 0.3) is 0 Å². The summed E-state index contributed by atoms with van der Waals surface area (Å²) in [5, 5.41) is 12.8. The highest BCUT2D eigenvalue weighted by Gasteiger charge is 2.06. The highest BCUT2D eigenvalue weighted by Crippen LogP contribution is 2.07. The zero-order valence-corrected chi connectivity index (χ0v) is 10.3. The normalized spacial score (nSPS) is 9.76. The number of amides is 1. The first-order valence-corrected chi connectivity index (χ1v) is 5.80. The van der Waals surface area contributed by atoms with E-state index < -0.39 is 0 Å². The van der Waals surface area contributed by atoms with Gasteiger partial charge >= 0.3 is 0 Å². The van der Waals surface area contributed by atoms with E-state index in [0.717, 1.165) is 17.5 Å². The van der Waals surface area contributed by atoms with Gasteiger partial charge in [-0.1, -0.05) is 31.2 Å². The molecule has 0 radical (unpaired) electrons. The SMILES string of the molecule is CCCNC(=N)NC(=O)Cc1ccccc1C. The van der Waals surface area contributed by atoms with Crippen molar-refractivity contribution >= 4 is 11.9 Å². The molecule has 0 aliphatic heterocycles. The fraction of sp³-hybridized carbons (Fsp3) is 0.385. The Bertz CT molecular complexity index is 401. The second-order valence-corrected chi connectivity index (χ2v) is 3.95. The summed E-state index contributed by atoms with van der Waals surface area (Å²) in [4.78, 5) is 11.6. The lowest BCUT2D eigenvalue weighted by Crippen LogP contribution is -2.41. The van der Waals surface area contributed by atoms with E-state index in [0.29, 0.717) is 13.0 Å². The molecule has 0 fully saturated rings. The van der Waals surface area contributed by atoms with E-state index in [1.165, 1.54) is 0 Å². The summed E-state index contributed by atoms with van der Waals surface area (Å²) in [7, 11) is 0. The van der Waals surface area contributed by atoms with Crippen LogP contribution < -0.4 is 10.6 Å². The Morgan fingerprint density at radius 2 is 2.06 bits per heavy atom. The van der Waals surface area contributed by atoms with Gasteiger partial charge in [-0.25, -0.2) is 0 Å². The molecule has 0 aromatic heterocycles. The number of carbonyl (C=O) groups excluding carboxylic acids is 1. The van der Waals surface area contributed by atoms with E-state index in [2.05, 4.69) is 10.6 Å². The molecule has 0 atom stereocenters. The molecule has 17 heavy (non-hydrogen) atoms. The number of aryl methyl sites for hydroxylation is 1. The summed E-state index contributed by atoms with van der Waals surface area (Å²) in [5.41, 5.74) is 2.09. The van der Waals surface area contributed by atoms with Gasteiger partial charge in [0.15, 0.2) is 5.96 Å². The third-order valence-electron chi connectivity index (χ3n) is 2.43. The van der Waals surface area contributed by atoms with Gasteiger partial charge in [0.1, 0.15) is 0 Å². The minimum Gasteiger partial charge on any atom is -0.356 e. The average Bonchev–Trinajstić information content (AvgIpc) is 2.29. The van der Waals surface area contributed by atoms with Crippen LogP contribution in [0.1, 0.15) is 24.5 Å². The zero-order chi connectivity index (χ0) is 12.7. The first-order chi connectivity index (χ1) is 8.13. The van der Waals surface area contributed by atoms with Crippen molar-refractivity contribution in [1.82, 2.24) is 10.6 Å². The van der Waals surface area contributed by atoms with Crippen LogP contribution in [-0.2, 0) is 11.2 Å². The Morgan fingerprint density at radius 1 is 1.35 bits per heavy atom. The molecule has 4 nitrogen and oxygen atoms in total. The van der Waals surface area contributed by atoms with Crippen LogP contribution in [0.25, 0.3) is 0 Å². The Morgan fingerprint density at radius 3 is 2.71 bits per heavy atom. The molecule has 0 saturated carbocycles. The second-order valence-electron chi connectivity index (χ2n) is 3.95. The molecule has 1 rings (SSSR count). The molecule has 92 valence electrons. The van der Waals surface area contributed by atoms with E-state index in [-0.39, 0.29) is 11.9 Å². The first kappa shape index (κ1) is 13.2. The third kappa shape index (κ3) is 4.68. The van der Waals surface area contributed by atoms with Gasteiger partial charge < -0.3 is 5.32 Å². The van der Waals surface area contributed by atoms with E-state index in [1.807, 2.05) is 38.1 Å². The van der Waals surface area contributed by atoms with Gasteiger partial charge in [-0.15, -0.1) is 0 Å². The minimum atomic E-state index is -0.159. The molecule has 0 saturated heterocycles. The molecule has 0 aliphatic carbocycles. The van der Waals surface area contributed by atoms with Gasteiger partial charge in [0.2, 0.25) is 5.91 Å². The summed E-state index contributed by atoms with van der Waals surface area (Å²) in [5.74, 6) is -0.0849. The Hall–Kier alpha value is -1.84. The lowest BCUT2D eigenvalue weighted by molar-refractivity contribution is -0.119. The minimum absolute atomic E-state index is 0.0745. The maximum absolute atomic E-state index is 11.6. The molecule has 0 spiro atoms. The van der Waals surface area contributed by atoms with Crippen molar-refractivity contribution in [2.24, 2.45) is 0 Å². The van der Waals surface area contributed by atoms with Gasteiger partial charge in [0, 0.05) is 6.54 Å². The van der Waals surface area contributed by atoms with Crippen molar-refractivity contribution in [1.29, 1.82) is 5.41 Å². The van der Waals surface area contributed by atoms with Crippen molar-refractivity contribution in [2.45, 2.75) is 26.7 Å². The Balaban J connectivity index is 2.45. The summed E-state index contributed by atoms with van der Waals surface area (Å²) in [6.45, 7) is 4.68. The van der Waals surface area contributed by atoms with Gasteiger partial charge in [-0.2, -0.15) is 0 Å². The maximum atomic E-state index is 11.6. The molecule has 4 heteroatoms. The van der Waals surface area contributed by atoms with Crippen LogP contribution in [0.2, 0.25) is 0 Å². The van der Waals surface area contributed by atoms with E-state index in [1.54, 1.807) is 0 Å². The van der Waals surface area contributed by atoms with Crippen molar-refractivity contribution in [3.8, 4) is 0 Å². The first-order valence-electron chi connectivity index (χ1n) is 5.80. The molecule has 0 bridgehead atoms. The van der Waals surface area contributed by atoms with Crippen molar-refractivity contribution in [2.75, 3.05) is 6.54 Å². The van der Waals surface area contributed by atoms with E-state index >= 15 is 0 Å². The van der Waals surface area contributed by atoms with Crippen molar-refractivity contribution in [3.05, 3.63) is 35.4 Å². The van der Waals surface area contributed by atoms with Crippen molar-refractivity contribution in [3.63, 3.8) is 0 Å². The Kier molecular flexibility index (Phi) is 5.20. The lowest BCUT2D eigenvalue weighted by atomic mass is 10.1.